The number of ether oxygens (including phenoxy) is 1. The van der Waals surface area contributed by atoms with Crippen LogP contribution in [0.5, 0.6) is 0 Å². The Hall–Kier alpha value is 0.460. The summed E-state index contributed by atoms with van der Waals surface area (Å²) in [5, 5.41) is 0. The van der Waals surface area contributed by atoms with Crippen molar-refractivity contribution in [2.45, 2.75) is 22.8 Å². The highest BCUT2D eigenvalue weighted by atomic mass is 79.9. The standard InChI is InChI=1S/C6H8BrCl2FO2/c1-2-3-12-5(11)4(10)6(7,8)9/h4H,2-3H2,1H3. The van der Waals surface area contributed by atoms with Crippen molar-refractivity contribution in [3.63, 3.8) is 0 Å². The molecule has 1 unspecified atom stereocenters. The van der Waals surface area contributed by atoms with Crippen molar-refractivity contribution in [3.05, 3.63) is 0 Å². The smallest absolute Gasteiger partial charge is 0.344 e. The van der Waals surface area contributed by atoms with Gasteiger partial charge in [-0.25, -0.2) is 9.18 Å². The van der Waals surface area contributed by atoms with Gasteiger partial charge >= 0.3 is 5.97 Å². The zero-order chi connectivity index (χ0) is 9.78. The van der Waals surface area contributed by atoms with Gasteiger partial charge in [-0.3, -0.25) is 0 Å². The van der Waals surface area contributed by atoms with Gasteiger partial charge in [-0.05, 0) is 22.4 Å². The van der Waals surface area contributed by atoms with Gasteiger partial charge in [0.2, 0.25) is 9.41 Å². The van der Waals surface area contributed by atoms with Crippen LogP contribution in [-0.2, 0) is 9.53 Å². The second-order valence-corrected chi connectivity index (χ2v) is 5.62. The molecule has 0 heterocycles. The summed E-state index contributed by atoms with van der Waals surface area (Å²) in [6.45, 7) is 1.96. The molecule has 0 N–H and O–H groups in total. The Morgan fingerprint density at radius 3 is 2.58 bits per heavy atom. The Balaban J connectivity index is 3.94. The van der Waals surface area contributed by atoms with Crippen molar-refractivity contribution in [3.8, 4) is 0 Å². The Morgan fingerprint density at radius 2 is 2.25 bits per heavy atom. The summed E-state index contributed by atoms with van der Waals surface area (Å²) in [4.78, 5) is 10.8. The summed E-state index contributed by atoms with van der Waals surface area (Å²) in [7, 11) is 0. The zero-order valence-electron chi connectivity index (χ0n) is 6.32. The third-order valence-electron chi connectivity index (χ3n) is 0.943. The fourth-order valence-electron chi connectivity index (χ4n) is 0.409. The van der Waals surface area contributed by atoms with E-state index in [0.29, 0.717) is 6.42 Å². The lowest BCUT2D eigenvalue weighted by atomic mass is 10.4. The molecule has 1 atom stereocenters. The normalized spacial score (nSPS) is 14.1. The van der Waals surface area contributed by atoms with Gasteiger partial charge in [0.1, 0.15) is 0 Å². The Bertz CT molecular complexity index is 160. The molecule has 0 aliphatic rings. The topological polar surface area (TPSA) is 26.3 Å². The van der Waals surface area contributed by atoms with Gasteiger partial charge in [0.15, 0.2) is 0 Å². The average molecular weight is 282 g/mol. The van der Waals surface area contributed by atoms with E-state index in [0.717, 1.165) is 0 Å². The van der Waals surface area contributed by atoms with E-state index in [1.54, 1.807) is 6.92 Å². The van der Waals surface area contributed by atoms with Crippen LogP contribution in [0.15, 0.2) is 0 Å². The highest BCUT2D eigenvalue weighted by Crippen LogP contribution is 2.35. The Morgan fingerprint density at radius 1 is 1.75 bits per heavy atom. The predicted molar refractivity (Wildman–Crippen MR) is 49.5 cm³/mol. The van der Waals surface area contributed by atoms with Crippen LogP contribution in [-0.4, -0.2) is 22.0 Å². The molecule has 0 aromatic carbocycles. The molecule has 0 spiro atoms. The maximum absolute atomic E-state index is 12.8. The molecule has 0 bridgehead atoms. The van der Waals surface area contributed by atoms with Gasteiger partial charge in [0.25, 0.3) is 0 Å². The maximum atomic E-state index is 12.8. The molecule has 12 heavy (non-hydrogen) atoms. The molecule has 0 saturated heterocycles. The van der Waals surface area contributed by atoms with E-state index in [1.807, 2.05) is 0 Å². The molecule has 0 saturated carbocycles. The zero-order valence-corrected chi connectivity index (χ0v) is 9.42. The number of esters is 1. The largest absolute Gasteiger partial charge is 0.463 e. The molecule has 72 valence electrons. The molecular formula is C6H8BrCl2FO2. The van der Waals surface area contributed by atoms with Gasteiger partial charge in [0.05, 0.1) is 6.61 Å². The van der Waals surface area contributed by atoms with Crippen LogP contribution in [0, 0.1) is 0 Å². The van der Waals surface area contributed by atoms with Crippen molar-refractivity contribution in [1.29, 1.82) is 0 Å². The molecule has 6 heteroatoms. The lowest BCUT2D eigenvalue weighted by molar-refractivity contribution is -0.149. The first-order valence-corrected chi connectivity index (χ1v) is 4.82. The van der Waals surface area contributed by atoms with Crippen LogP contribution < -0.4 is 0 Å². The van der Waals surface area contributed by atoms with Crippen molar-refractivity contribution < 1.29 is 13.9 Å². The Kier molecular flexibility index (Phi) is 5.45. The van der Waals surface area contributed by atoms with Gasteiger partial charge < -0.3 is 4.74 Å². The van der Waals surface area contributed by atoms with Crippen molar-refractivity contribution >= 4 is 45.1 Å². The molecule has 0 fully saturated rings. The summed E-state index contributed by atoms with van der Waals surface area (Å²) < 4.78 is 15.4. The van der Waals surface area contributed by atoms with Crippen LogP contribution in [0.2, 0.25) is 0 Å². The summed E-state index contributed by atoms with van der Waals surface area (Å²) in [6.07, 6.45) is -1.45. The lowest BCUT2D eigenvalue weighted by Gasteiger charge is -2.15. The molecule has 0 aliphatic heterocycles. The number of alkyl halides is 4. The summed E-state index contributed by atoms with van der Waals surface area (Å²) in [5.74, 6) is -1.06. The average Bonchev–Trinajstić information content (AvgIpc) is 1.97. The molecule has 0 amide bonds. The van der Waals surface area contributed by atoms with Gasteiger partial charge in [0, 0.05) is 0 Å². The molecule has 0 aromatic rings. The Labute approximate surface area is 88.5 Å². The monoisotopic (exact) mass is 280 g/mol. The third-order valence-corrected chi connectivity index (χ3v) is 1.73. The number of hydrogen-bond donors (Lipinski definition) is 0. The van der Waals surface area contributed by atoms with E-state index in [9.17, 15) is 9.18 Å². The molecule has 0 aliphatic carbocycles. The number of rotatable bonds is 4. The first-order valence-electron chi connectivity index (χ1n) is 3.27. The number of carbonyl (C=O) groups excluding carboxylic acids is 1. The summed E-state index contributed by atoms with van der Waals surface area (Å²) >= 11 is 13.1. The highest BCUT2D eigenvalue weighted by molar-refractivity contribution is 9.11. The van der Waals surface area contributed by atoms with E-state index in [-0.39, 0.29) is 6.61 Å². The second kappa shape index (κ2) is 5.25. The minimum Gasteiger partial charge on any atom is -0.463 e. The second-order valence-electron chi connectivity index (χ2n) is 2.07. The molecule has 0 radical (unpaired) electrons. The van der Waals surface area contributed by atoms with Crippen molar-refractivity contribution in [2.75, 3.05) is 6.61 Å². The fourth-order valence-corrected chi connectivity index (χ4v) is 0.775. The quantitative estimate of drug-likeness (QED) is 0.585. The first-order chi connectivity index (χ1) is 5.39. The van der Waals surface area contributed by atoms with E-state index in [1.165, 1.54) is 0 Å². The number of hydrogen-bond acceptors (Lipinski definition) is 2. The van der Waals surface area contributed by atoms with Gasteiger partial charge in [-0.1, -0.05) is 30.1 Å². The van der Waals surface area contributed by atoms with Crippen LogP contribution in [0.4, 0.5) is 4.39 Å². The third kappa shape index (κ3) is 4.48. The van der Waals surface area contributed by atoms with E-state index < -0.39 is 15.4 Å². The summed E-state index contributed by atoms with van der Waals surface area (Å²) in [6, 6.07) is 0. The predicted octanol–water partition coefficient (Wildman–Crippen LogP) is 2.80. The van der Waals surface area contributed by atoms with E-state index >= 15 is 0 Å². The van der Waals surface area contributed by atoms with Crippen LogP contribution in [0.3, 0.4) is 0 Å². The van der Waals surface area contributed by atoms with Crippen LogP contribution in [0.1, 0.15) is 13.3 Å². The fraction of sp³-hybridized carbons (Fsp3) is 0.833. The number of carbonyl (C=O) groups is 1. The maximum Gasteiger partial charge on any atom is 0.344 e. The first kappa shape index (κ1) is 12.5. The van der Waals surface area contributed by atoms with Crippen LogP contribution in [0.25, 0.3) is 0 Å². The molecule has 0 rings (SSSR count). The van der Waals surface area contributed by atoms with Gasteiger partial charge in [-0.2, -0.15) is 0 Å². The minimum atomic E-state index is -2.08. The van der Waals surface area contributed by atoms with Gasteiger partial charge in [-0.15, -0.1) is 0 Å². The number of halogens is 4. The molecule has 2 nitrogen and oxygen atoms in total. The lowest BCUT2D eigenvalue weighted by Crippen LogP contribution is -2.31. The van der Waals surface area contributed by atoms with Crippen molar-refractivity contribution in [2.24, 2.45) is 0 Å². The van der Waals surface area contributed by atoms with Crippen molar-refractivity contribution in [1.82, 2.24) is 0 Å². The molecule has 0 aromatic heterocycles. The SMILES string of the molecule is CCCOC(=O)C(F)C(Cl)(Cl)Br. The minimum absolute atomic E-state index is 0.163. The van der Waals surface area contributed by atoms with Crippen LogP contribution >= 0.6 is 39.1 Å². The van der Waals surface area contributed by atoms with E-state index in [4.69, 9.17) is 23.2 Å². The molecular weight excluding hydrogens is 274 g/mol. The van der Waals surface area contributed by atoms with E-state index in [2.05, 4.69) is 20.7 Å². The highest BCUT2D eigenvalue weighted by Gasteiger charge is 2.39. The summed E-state index contributed by atoms with van der Waals surface area (Å²) in [5.41, 5.74) is 0.